The van der Waals surface area contributed by atoms with E-state index in [1.54, 1.807) is 0 Å². The molecule has 2 unspecified atom stereocenters. The Bertz CT molecular complexity index is 658. The van der Waals surface area contributed by atoms with E-state index in [4.69, 9.17) is 0 Å². The maximum atomic E-state index is 9.77. The minimum atomic E-state index is 0. The molecule has 3 rings (SSSR count). The fraction of sp³-hybridized carbons (Fsp3) is 0.455. The first kappa shape index (κ1) is 20.0. The van der Waals surface area contributed by atoms with Crippen LogP contribution in [-0.4, -0.2) is 29.1 Å². The number of aromatic hydroxyl groups is 1. The molecule has 0 aliphatic heterocycles. The van der Waals surface area contributed by atoms with E-state index in [1.165, 1.54) is 29.5 Å². The Kier molecular flexibility index (Phi) is 7.52. The topological polar surface area (TPSA) is 23.5 Å². The van der Waals surface area contributed by atoms with Gasteiger partial charge in [-0.25, -0.2) is 0 Å². The van der Waals surface area contributed by atoms with E-state index in [-0.39, 0.29) is 17.0 Å². The highest BCUT2D eigenvalue weighted by atomic mass is 79.9. The van der Waals surface area contributed by atoms with E-state index in [0.717, 1.165) is 25.9 Å². The standard InChI is InChI=1S/C22H29NO.BrH/c1-3-23(15-14-18-8-5-4-6-9-18)17(2)21-11-7-10-19-16-20(24)12-13-22(19)21;/h4-6,8-9,12-13,16-17,21,24H,3,7,10-11,14-15H2,1-2H3;1H. The van der Waals surface area contributed by atoms with E-state index in [1.807, 2.05) is 12.1 Å². The molecule has 0 radical (unpaired) electrons. The highest BCUT2D eigenvalue weighted by Crippen LogP contribution is 2.37. The van der Waals surface area contributed by atoms with Gasteiger partial charge in [-0.2, -0.15) is 0 Å². The van der Waals surface area contributed by atoms with Gasteiger partial charge >= 0.3 is 0 Å². The normalized spacial score (nSPS) is 17.6. The molecule has 0 fully saturated rings. The number of phenols is 1. The Morgan fingerprint density at radius 2 is 1.92 bits per heavy atom. The van der Waals surface area contributed by atoms with Gasteiger partial charge in [0.05, 0.1) is 0 Å². The third-order valence-electron chi connectivity index (χ3n) is 5.58. The van der Waals surface area contributed by atoms with Gasteiger partial charge in [-0.3, -0.25) is 0 Å². The van der Waals surface area contributed by atoms with Gasteiger partial charge in [-0.05, 0) is 73.9 Å². The second-order valence-corrected chi connectivity index (χ2v) is 6.99. The van der Waals surface area contributed by atoms with E-state index < -0.39 is 0 Å². The molecule has 2 atom stereocenters. The van der Waals surface area contributed by atoms with Crippen molar-refractivity contribution in [1.82, 2.24) is 4.90 Å². The number of likely N-dealkylation sites (N-methyl/N-ethyl adjacent to an activating group) is 1. The van der Waals surface area contributed by atoms with Gasteiger partial charge in [0.1, 0.15) is 5.75 Å². The number of benzene rings is 2. The van der Waals surface area contributed by atoms with Crippen LogP contribution in [0.25, 0.3) is 0 Å². The molecule has 0 spiro atoms. The van der Waals surface area contributed by atoms with Crippen LogP contribution in [0.3, 0.4) is 0 Å². The number of phenolic OH excluding ortho intramolecular Hbond substituents is 1. The number of aryl methyl sites for hydroxylation is 1. The molecule has 2 nitrogen and oxygen atoms in total. The van der Waals surface area contributed by atoms with Crippen molar-refractivity contribution >= 4 is 17.0 Å². The van der Waals surface area contributed by atoms with Gasteiger partial charge in [0.15, 0.2) is 0 Å². The highest BCUT2D eigenvalue weighted by Gasteiger charge is 2.28. The van der Waals surface area contributed by atoms with Crippen molar-refractivity contribution in [2.45, 2.75) is 51.5 Å². The summed E-state index contributed by atoms with van der Waals surface area (Å²) >= 11 is 0. The van der Waals surface area contributed by atoms with Gasteiger partial charge in [-0.15, -0.1) is 17.0 Å². The third kappa shape index (κ3) is 4.86. The van der Waals surface area contributed by atoms with Gasteiger partial charge in [0.2, 0.25) is 0 Å². The average molecular weight is 404 g/mol. The maximum Gasteiger partial charge on any atom is 0.115 e. The molecular weight excluding hydrogens is 374 g/mol. The lowest BCUT2D eigenvalue weighted by molar-refractivity contribution is 0.185. The van der Waals surface area contributed by atoms with Crippen molar-refractivity contribution in [2.24, 2.45) is 0 Å². The molecule has 1 N–H and O–H groups in total. The number of hydrogen-bond donors (Lipinski definition) is 1. The van der Waals surface area contributed by atoms with Crippen LogP contribution >= 0.6 is 17.0 Å². The first-order valence-corrected chi connectivity index (χ1v) is 9.28. The van der Waals surface area contributed by atoms with Gasteiger partial charge in [0, 0.05) is 12.6 Å². The lowest BCUT2D eigenvalue weighted by Crippen LogP contribution is -2.39. The Balaban J connectivity index is 0.00000225. The molecule has 2 aromatic rings. The zero-order valence-corrected chi connectivity index (χ0v) is 17.0. The smallest absolute Gasteiger partial charge is 0.115 e. The molecule has 0 heterocycles. The number of hydrogen-bond acceptors (Lipinski definition) is 2. The van der Waals surface area contributed by atoms with Crippen molar-refractivity contribution in [2.75, 3.05) is 13.1 Å². The van der Waals surface area contributed by atoms with Gasteiger partial charge in [-0.1, -0.05) is 43.3 Å². The molecule has 0 saturated carbocycles. The Labute approximate surface area is 162 Å². The summed E-state index contributed by atoms with van der Waals surface area (Å²) in [7, 11) is 0. The summed E-state index contributed by atoms with van der Waals surface area (Å²) in [6.07, 6.45) is 4.68. The fourth-order valence-electron chi connectivity index (χ4n) is 4.16. The maximum absolute atomic E-state index is 9.77. The van der Waals surface area contributed by atoms with Gasteiger partial charge in [0.25, 0.3) is 0 Å². The monoisotopic (exact) mass is 403 g/mol. The van der Waals surface area contributed by atoms with E-state index >= 15 is 0 Å². The minimum absolute atomic E-state index is 0. The second kappa shape index (κ2) is 9.40. The first-order chi connectivity index (χ1) is 11.7. The molecule has 1 aliphatic carbocycles. The summed E-state index contributed by atoms with van der Waals surface area (Å²) in [6.45, 7) is 6.83. The minimum Gasteiger partial charge on any atom is -0.508 e. The van der Waals surface area contributed by atoms with Crippen molar-refractivity contribution in [3.05, 3.63) is 65.2 Å². The van der Waals surface area contributed by atoms with E-state index in [9.17, 15) is 5.11 Å². The fourth-order valence-corrected chi connectivity index (χ4v) is 4.16. The summed E-state index contributed by atoms with van der Waals surface area (Å²) in [4.78, 5) is 2.61. The van der Waals surface area contributed by atoms with Crippen LogP contribution in [0.5, 0.6) is 5.75 Å². The summed E-state index contributed by atoms with van der Waals surface area (Å²) in [5.41, 5.74) is 4.21. The molecule has 0 aromatic heterocycles. The molecule has 136 valence electrons. The van der Waals surface area contributed by atoms with Crippen LogP contribution in [0.15, 0.2) is 48.5 Å². The molecule has 0 saturated heterocycles. The molecular formula is C22H30BrNO. The lowest BCUT2D eigenvalue weighted by atomic mass is 9.78. The van der Waals surface area contributed by atoms with Crippen molar-refractivity contribution in [3.8, 4) is 5.75 Å². The van der Waals surface area contributed by atoms with Crippen LogP contribution in [0.4, 0.5) is 0 Å². The number of nitrogens with zero attached hydrogens (tertiary/aromatic N) is 1. The first-order valence-electron chi connectivity index (χ1n) is 9.28. The highest BCUT2D eigenvalue weighted by molar-refractivity contribution is 8.93. The van der Waals surface area contributed by atoms with Crippen LogP contribution < -0.4 is 0 Å². The number of fused-ring (bicyclic) bond motifs is 1. The van der Waals surface area contributed by atoms with Gasteiger partial charge < -0.3 is 10.0 Å². The Morgan fingerprint density at radius 3 is 2.64 bits per heavy atom. The Morgan fingerprint density at radius 1 is 1.16 bits per heavy atom. The third-order valence-corrected chi connectivity index (χ3v) is 5.58. The molecule has 25 heavy (non-hydrogen) atoms. The quantitative estimate of drug-likeness (QED) is 0.702. The largest absolute Gasteiger partial charge is 0.508 e. The SMILES string of the molecule is Br.CCN(CCc1ccccc1)C(C)C1CCCc2cc(O)ccc21. The van der Waals surface area contributed by atoms with E-state index in [2.05, 4.69) is 55.1 Å². The second-order valence-electron chi connectivity index (χ2n) is 6.99. The lowest BCUT2D eigenvalue weighted by Gasteiger charge is -2.37. The average Bonchev–Trinajstić information content (AvgIpc) is 2.62. The van der Waals surface area contributed by atoms with Crippen LogP contribution in [0.1, 0.15) is 49.3 Å². The summed E-state index contributed by atoms with van der Waals surface area (Å²) in [5.74, 6) is 0.976. The summed E-state index contributed by atoms with van der Waals surface area (Å²) in [6, 6.07) is 17.3. The van der Waals surface area contributed by atoms with Crippen LogP contribution in [0, 0.1) is 0 Å². The van der Waals surface area contributed by atoms with Crippen molar-refractivity contribution in [1.29, 1.82) is 0 Å². The van der Waals surface area contributed by atoms with Crippen molar-refractivity contribution < 1.29 is 5.11 Å². The number of rotatable bonds is 6. The van der Waals surface area contributed by atoms with Crippen molar-refractivity contribution in [3.63, 3.8) is 0 Å². The van der Waals surface area contributed by atoms with Crippen LogP contribution in [0.2, 0.25) is 0 Å². The number of halogens is 1. The van der Waals surface area contributed by atoms with Crippen LogP contribution in [-0.2, 0) is 12.8 Å². The molecule has 2 aromatic carbocycles. The Hall–Kier alpha value is -1.32. The summed E-state index contributed by atoms with van der Waals surface area (Å²) < 4.78 is 0. The molecule has 0 amide bonds. The molecule has 0 bridgehead atoms. The molecule has 3 heteroatoms. The zero-order valence-electron chi connectivity index (χ0n) is 15.3. The van der Waals surface area contributed by atoms with E-state index in [0.29, 0.717) is 17.7 Å². The predicted molar refractivity (Wildman–Crippen MR) is 111 cm³/mol. The zero-order chi connectivity index (χ0) is 16.9. The predicted octanol–water partition coefficient (Wildman–Crippen LogP) is 5.34. The summed E-state index contributed by atoms with van der Waals surface area (Å²) in [5, 5.41) is 9.77. The molecule has 1 aliphatic rings.